The molecule has 4 heteroatoms. The zero-order valence-corrected chi connectivity index (χ0v) is 11.2. The molecule has 0 bridgehead atoms. The molecule has 0 atom stereocenters. The molecule has 0 spiro atoms. The van der Waals surface area contributed by atoms with Gasteiger partial charge in [-0.3, -0.25) is 0 Å². The standard InChI is InChI=1S/C11H24N2OS/c1-5-14-9-8-13(4)7-6-11(2,3)10(12)15/h5-9H2,1-4H3,(H2,12,15). The minimum absolute atomic E-state index is 0.0464. The van der Waals surface area contributed by atoms with Crippen LogP contribution in [0.4, 0.5) is 0 Å². The highest BCUT2D eigenvalue weighted by Crippen LogP contribution is 2.20. The van der Waals surface area contributed by atoms with Crippen LogP contribution in [0.5, 0.6) is 0 Å². The van der Waals surface area contributed by atoms with Crippen molar-refractivity contribution >= 4 is 17.2 Å². The smallest absolute Gasteiger partial charge is 0.0784 e. The summed E-state index contributed by atoms with van der Waals surface area (Å²) in [5, 5.41) is 0. The number of likely N-dealkylation sites (N-methyl/N-ethyl adjacent to an activating group) is 1. The van der Waals surface area contributed by atoms with Gasteiger partial charge in [-0.15, -0.1) is 0 Å². The van der Waals surface area contributed by atoms with Crippen molar-refractivity contribution in [3.05, 3.63) is 0 Å². The van der Waals surface area contributed by atoms with E-state index in [0.717, 1.165) is 32.7 Å². The second-order valence-corrected chi connectivity index (χ2v) is 4.94. The molecule has 0 amide bonds. The Hall–Kier alpha value is -0.190. The molecule has 3 nitrogen and oxygen atoms in total. The Morgan fingerprint density at radius 3 is 2.47 bits per heavy atom. The SMILES string of the molecule is CCOCCN(C)CCC(C)(C)C(N)=S. The molecule has 0 saturated heterocycles. The molecule has 15 heavy (non-hydrogen) atoms. The van der Waals surface area contributed by atoms with Gasteiger partial charge in [-0.05, 0) is 26.9 Å². The van der Waals surface area contributed by atoms with Crippen LogP contribution in [0, 0.1) is 5.41 Å². The minimum Gasteiger partial charge on any atom is -0.393 e. The quantitative estimate of drug-likeness (QED) is 0.510. The monoisotopic (exact) mass is 232 g/mol. The van der Waals surface area contributed by atoms with Gasteiger partial charge >= 0.3 is 0 Å². The first kappa shape index (κ1) is 14.8. The van der Waals surface area contributed by atoms with E-state index in [9.17, 15) is 0 Å². The highest BCUT2D eigenvalue weighted by molar-refractivity contribution is 7.80. The molecular weight excluding hydrogens is 208 g/mol. The van der Waals surface area contributed by atoms with Crippen LogP contribution in [0.2, 0.25) is 0 Å². The average Bonchev–Trinajstić information content (AvgIpc) is 2.15. The number of hydrogen-bond acceptors (Lipinski definition) is 3. The van der Waals surface area contributed by atoms with Crippen LogP contribution in [0.15, 0.2) is 0 Å². The third-order valence-electron chi connectivity index (χ3n) is 2.61. The van der Waals surface area contributed by atoms with Gasteiger partial charge in [-0.2, -0.15) is 0 Å². The molecule has 0 fully saturated rings. The summed E-state index contributed by atoms with van der Waals surface area (Å²) in [6, 6.07) is 0. The number of nitrogens with two attached hydrogens (primary N) is 1. The van der Waals surface area contributed by atoms with Crippen molar-refractivity contribution in [1.29, 1.82) is 0 Å². The molecule has 0 unspecified atom stereocenters. The summed E-state index contributed by atoms with van der Waals surface area (Å²) in [6.45, 7) is 9.72. The Morgan fingerprint density at radius 2 is 2.00 bits per heavy atom. The second kappa shape index (κ2) is 7.14. The molecule has 0 aliphatic carbocycles. The molecule has 0 saturated carbocycles. The summed E-state index contributed by atoms with van der Waals surface area (Å²) in [5.41, 5.74) is 5.62. The lowest BCUT2D eigenvalue weighted by atomic mass is 9.89. The summed E-state index contributed by atoms with van der Waals surface area (Å²) in [6.07, 6.45) is 0.991. The van der Waals surface area contributed by atoms with E-state index >= 15 is 0 Å². The Morgan fingerprint density at radius 1 is 1.40 bits per heavy atom. The molecule has 0 rings (SSSR count). The van der Waals surface area contributed by atoms with E-state index in [2.05, 4.69) is 25.8 Å². The number of ether oxygens (including phenoxy) is 1. The highest BCUT2D eigenvalue weighted by atomic mass is 32.1. The molecule has 0 aliphatic heterocycles. The Kier molecular flexibility index (Phi) is 7.05. The van der Waals surface area contributed by atoms with Crippen molar-refractivity contribution in [2.24, 2.45) is 11.1 Å². The average molecular weight is 232 g/mol. The van der Waals surface area contributed by atoms with Gasteiger partial charge in [0, 0.05) is 18.6 Å². The maximum atomic E-state index is 5.67. The predicted molar refractivity (Wildman–Crippen MR) is 69.2 cm³/mol. The molecule has 0 heterocycles. The minimum atomic E-state index is -0.0464. The van der Waals surface area contributed by atoms with Gasteiger partial charge in [0.1, 0.15) is 0 Å². The normalized spacial score (nSPS) is 12.1. The molecule has 0 radical (unpaired) electrons. The first-order chi connectivity index (χ1) is 6.90. The Bertz CT molecular complexity index is 195. The number of thiocarbonyl (C=S) groups is 1. The van der Waals surface area contributed by atoms with E-state index in [-0.39, 0.29) is 5.41 Å². The zero-order chi connectivity index (χ0) is 11.9. The molecule has 90 valence electrons. The van der Waals surface area contributed by atoms with Gasteiger partial charge in [0.25, 0.3) is 0 Å². The number of nitrogens with zero attached hydrogens (tertiary/aromatic N) is 1. The molecule has 0 aromatic rings. The van der Waals surface area contributed by atoms with Gasteiger partial charge in [0.15, 0.2) is 0 Å². The van der Waals surface area contributed by atoms with Crippen LogP contribution >= 0.6 is 12.2 Å². The van der Waals surface area contributed by atoms with Crippen LogP contribution in [0.3, 0.4) is 0 Å². The first-order valence-electron chi connectivity index (χ1n) is 5.46. The maximum absolute atomic E-state index is 5.67. The van der Waals surface area contributed by atoms with Gasteiger partial charge in [-0.1, -0.05) is 26.1 Å². The van der Waals surface area contributed by atoms with Crippen molar-refractivity contribution in [2.75, 3.05) is 33.4 Å². The van der Waals surface area contributed by atoms with E-state index < -0.39 is 0 Å². The summed E-state index contributed by atoms with van der Waals surface area (Å²) < 4.78 is 5.29. The molecule has 0 aliphatic rings. The van der Waals surface area contributed by atoms with Crippen molar-refractivity contribution in [3.8, 4) is 0 Å². The van der Waals surface area contributed by atoms with Gasteiger partial charge in [0.05, 0.1) is 11.6 Å². The van der Waals surface area contributed by atoms with Crippen molar-refractivity contribution in [3.63, 3.8) is 0 Å². The lowest BCUT2D eigenvalue weighted by Gasteiger charge is -2.26. The Balaban J connectivity index is 3.70. The van der Waals surface area contributed by atoms with Gasteiger partial charge in [0.2, 0.25) is 0 Å². The van der Waals surface area contributed by atoms with E-state index in [1.165, 1.54) is 0 Å². The van der Waals surface area contributed by atoms with Crippen LogP contribution in [-0.4, -0.2) is 43.2 Å². The molecule has 2 N–H and O–H groups in total. The largest absolute Gasteiger partial charge is 0.393 e. The van der Waals surface area contributed by atoms with Crippen molar-refractivity contribution in [2.45, 2.75) is 27.2 Å². The van der Waals surface area contributed by atoms with Gasteiger partial charge < -0.3 is 15.4 Å². The maximum Gasteiger partial charge on any atom is 0.0784 e. The van der Waals surface area contributed by atoms with Crippen LogP contribution in [-0.2, 0) is 4.74 Å². The second-order valence-electron chi connectivity index (χ2n) is 4.50. The predicted octanol–water partition coefficient (Wildman–Crippen LogP) is 1.66. The third kappa shape index (κ3) is 6.82. The van der Waals surface area contributed by atoms with E-state index in [4.69, 9.17) is 22.7 Å². The molecule has 0 aromatic heterocycles. The molecular formula is C11H24N2OS. The van der Waals surface area contributed by atoms with Crippen LogP contribution in [0.25, 0.3) is 0 Å². The summed E-state index contributed by atoms with van der Waals surface area (Å²) in [7, 11) is 2.09. The van der Waals surface area contributed by atoms with Crippen molar-refractivity contribution < 1.29 is 4.74 Å². The summed E-state index contributed by atoms with van der Waals surface area (Å²) in [5.74, 6) is 0. The third-order valence-corrected chi connectivity index (χ3v) is 3.16. The Labute approximate surface area is 99.0 Å². The fraction of sp³-hybridized carbons (Fsp3) is 0.909. The highest BCUT2D eigenvalue weighted by Gasteiger charge is 2.21. The van der Waals surface area contributed by atoms with Crippen LogP contribution < -0.4 is 5.73 Å². The lowest BCUT2D eigenvalue weighted by Crippen LogP contribution is -2.34. The van der Waals surface area contributed by atoms with Gasteiger partial charge in [-0.25, -0.2) is 0 Å². The lowest BCUT2D eigenvalue weighted by molar-refractivity contribution is 0.119. The summed E-state index contributed by atoms with van der Waals surface area (Å²) >= 11 is 5.02. The molecule has 0 aromatic carbocycles. The number of rotatable bonds is 8. The fourth-order valence-corrected chi connectivity index (χ4v) is 1.17. The topological polar surface area (TPSA) is 38.5 Å². The summed E-state index contributed by atoms with van der Waals surface area (Å²) in [4.78, 5) is 2.84. The number of hydrogen-bond donors (Lipinski definition) is 1. The zero-order valence-electron chi connectivity index (χ0n) is 10.4. The van der Waals surface area contributed by atoms with E-state index in [1.807, 2.05) is 6.92 Å². The van der Waals surface area contributed by atoms with Crippen LogP contribution in [0.1, 0.15) is 27.2 Å². The first-order valence-corrected chi connectivity index (χ1v) is 5.87. The van der Waals surface area contributed by atoms with E-state index in [0.29, 0.717) is 4.99 Å². The van der Waals surface area contributed by atoms with Crippen molar-refractivity contribution in [1.82, 2.24) is 4.90 Å². The fourth-order valence-electron chi connectivity index (χ4n) is 1.07. The van der Waals surface area contributed by atoms with E-state index in [1.54, 1.807) is 0 Å².